The van der Waals surface area contributed by atoms with E-state index in [0.29, 0.717) is 12.6 Å². The van der Waals surface area contributed by atoms with E-state index in [2.05, 4.69) is 16.9 Å². The fraction of sp³-hybridized carbons (Fsp3) is 0.538. The number of aromatic nitrogens is 1. The molecule has 0 unspecified atom stereocenters. The number of nitrogens with zero attached hydrogens (tertiary/aromatic N) is 2. The predicted octanol–water partition coefficient (Wildman–Crippen LogP) is 1.56. The molecule has 1 fully saturated rings. The monoisotopic (exact) mass is 250 g/mol. The van der Waals surface area contributed by atoms with E-state index in [1.54, 1.807) is 6.07 Å². The van der Waals surface area contributed by atoms with Gasteiger partial charge in [0.15, 0.2) is 0 Å². The Kier molecular flexibility index (Phi) is 3.81. The van der Waals surface area contributed by atoms with Gasteiger partial charge in [0.25, 0.3) is 0 Å². The third-order valence-electron chi connectivity index (χ3n) is 3.08. The van der Waals surface area contributed by atoms with Gasteiger partial charge in [0, 0.05) is 18.3 Å². The molecule has 1 aromatic heterocycles. The van der Waals surface area contributed by atoms with Crippen molar-refractivity contribution in [3.05, 3.63) is 23.4 Å². The van der Waals surface area contributed by atoms with E-state index in [4.69, 9.17) is 9.84 Å². The number of carboxylic acids is 1. The van der Waals surface area contributed by atoms with Gasteiger partial charge in [-0.05, 0) is 38.9 Å². The molecule has 18 heavy (non-hydrogen) atoms. The van der Waals surface area contributed by atoms with Crippen LogP contribution in [-0.2, 0) is 0 Å². The van der Waals surface area contributed by atoms with Gasteiger partial charge >= 0.3 is 5.97 Å². The summed E-state index contributed by atoms with van der Waals surface area (Å²) in [5.74, 6) is -0.792. The van der Waals surface area contributed by atoms with Gasteiger partial charge in [-0.1, -0.05) is 0 Å². The van der Waals surface area contributed by atoms with Gasteiger partial charge in [-0.15, -0.1) is 0 Å². The van der Waals surface area contributed by atoms with Crippen molar-refractivity contribution in [2.24, 2.45) is 0 Å². The Morgan fingerprint density at radius 2 is 2.28 bits per heavy atom. The van der Waals surface area contributed by atoms with E-state index >= 15 is 0 Å². The average molecular weight is 250 g/mol. The van der Waals surface area contributed by atoms with Crippen LogP contribution < -0.4 is 4.74 Å². The van der Waals surface area contributed by atoms with Crippen molar-refractivity contribution in [3.8, 4) is 5.88 Å². The largest absolute Gasteiger partial charge is 0.477 e. The summed E-state index contributed by atoms with van der Waals surface area (Å²) in [6, 6.07) is 3.88. The van der Waals surface area contributed by atoms with Gasteiger partial charge in [-0.25, -0.2) is 9.78 Å². The number of hydrogen-bond acceptors (Lipinski definition) is 4. The molecule has 1 aliphatic carbocycles. The van der Waals surface area contributed by atoms with Gasteiger partial charge in [-0.3, -0.25) is 0 Å². The highest BCUT2D eigenvalue weighted by Crippen LogP contribution is 2.25. The Morgan fingerprint density at radius 3 is 2.89 bits per heavy atom. The van der Waals surface area contributed by atoms with Gasteiger partial charge in [-0.2, -0.15) is 0 Å². The molecule has 0 aliphatic heterocycles. The Labute approximate surface area is 106 Å². The lowest BCUT2D eigenvalue weighted by atomic mass is 10.2. The van der Waals surface area contributed by atoms with E-state index < -0.39 is 5.97 Å². The number of aryl methyl sites for hydroxylation is 1. The van der Waals surface area contributed by atoms with Crippen molar-refractivity contribution >= 4 is 5.97 Å². The van der Waals surface area contributed by atoms with Crippen molar-refractivity contribution in [2.75, 3.05) is 20.2 Å². The minimum Gasteiger partial charge on any atom is -0.477 e. The summed E-state index contributed by atoms with van der Waals surface area (Å²) in [5, 5.41) is 9.03. The zero-order valence-corrected chi connectivity index (χ0v) is 10.7. The predicted molar refractivity (Wildman–Crippen MR) is 67.1 cm³/mol. The standard InChI is InChI=1S/C13H18N2O3/c1-9-3-6-11(13(16)17)12(14-9)18-8-7-15(2)10-4-5-10/h3,6,10H,4-5,7-8H2,1-2H3,(H,16,17). The van der Waals surface area contributed by atoms with Crippen molar-refractivity contribution < 1.29 is 14.6 Å². The van der Waals surface area contributed by atoms with Crippen LogP contribution in [0.2, 0.25) is 0 Å². The maximum absolute atomic E-state index is 11.0. The first-order valence-corrected chi connectivity index (χ1v) is 6.12. The maximum atomic E-state index is 11.0. The van der Waals surface area contributed by atoms with E-state index in [1.165, 1.54) is 18.9 Å². The molecule has 1 heterocycles. The molecule has 98 valence electrons. The first kappa shape index (κ1) is 12.8. The number of likely N-dealkylation sites (N-methyl/N-ethyl adjacent to an activating group) is 1. The highest BCUT2D eigenvalue weighted by molar-refractivity contribution is 5.90. The van der Waals surface area contributed by atoms with Crippen LogP contribution in [-0.4, -0.2) is 47.2 Å². The molecular formula is C13H18N2O3. The molecule has 0 spiro atoms. The van der Waals surface area contributed by atoms with Crippen LogP contribution in [0.3, 0.4) is 0 Å². The van der Waals surface area contributed by atoms with Gasteiger partial charge in [0.2, 0.25) is 5.88 Å². The second kappa shape index (κ2) is 5.35. The third kappa shape index (κ3) is 3.20. The first-order valence-electron chi connectivity index (χ1n) is 6.12. The molecule has 0 amide bonds. The molecule has 0 aromatic carbocycles. The Bertz CT molecular complexity index is 444. The SMILES string of the molecule is Cc1ccc(C(=O)O)c(OCCN(C)C2CC2)n1. The van der Waals surface area contributed by atoms with E-state index in [-0.39, 0.29) is 11.4 Å². The molecule has 0 saturated heterocycles. The zero-order valence-electron chi connectivity index (χ0n) is 10.7. The number of hydrogen-bond donors (Lipinski definition) is 1. The molecule has 1 aliphatic rings. The summed E-state index contributed by atoms with van der Waals surface area (Å²) in [6.45, 7) is 3.07. The lowest BCUT2D eigenvalue weighted by molar-refractivity contribution is 0.0690. The number of pyridine rings is 1. The topological polar surface area (TPSA) is 62.7 Å². The van der Waals surface area contributed by atoms with Gasteiger partial charge in [0.05, 0.1) is 0 Å². The third-order valence-corrected chi connectivity index (χ3v) is 3.08. The highest BCUT2D eigenvalue weighted by Gasteiger charge is 2.25. The summed E-state index contributed by atoms with van der Waals surface area (Å²) in [7, 11) is 2.06. The van der Waals surface area contributed by atoms with Crippen molar-refractivity contribution in [1.82, 2.24) is 9.88 Å². The molecule has 1 saturated carbocycles. The lowest BCUT2D eigenvalue weighted by Gasteiger charge is -2.16. The molecule has 1 N–H and O–H groups in total. The number of carbonyl (C=O) groups is 1. The van der Waals surface area contributed by atoms with Crippen LogP contribution in [0.1, 0.15) is 28.9 Å². The normalized spacial score (nSPS) is 14.8. The molecule has 2 rings (SSSR count). The minimum atomic E-state index is -1.01. The summed E-state index contributed by atoms with van der Waals surface area (Å²) in [6.07, 6.45) is 2.50. The van der Waals surface area contributed by atoms with E-state index in [9.17, 15) is 4.79 Å². The van der Waals surface area contributed by atoms with E-state index in [1.807, 2.05) is 6.92 Å². The van der Waals surface area contributed by atoms with Crippen LogP contribution in [0.4, 0.5) is 0 Å². The maximum Gasteiger partial charge on any atom is 0.341 e. The van der Waals surface area contributed by atoms with Gasteiger partial charge in [0.1, 0.15) is 12.2 Å². The molecule has 5 heteroatoms. The van der Waals surface area contributed by atoms with Crippen LogP contribution in [0.15, 0.2) is 12.1 Å². The number of carboxylic acid groups (broad SMARTS) is 1. The molecule has 0 bridgehead atoms. The highest BCUT2D eigenvalue weighted by atomic mass is 16.5. The summed E-state index contributed by atoms with van der Waals surface area (Å²) in [5.41, 5.74) is 0.875. The fourth-order valence-electron chi connectivity index (χ4n) is 1.79. The zero-order chi connectivity index (χ0) is 13.1. The van der Waals surface area contributed by atoms with Gasteiger partial charge < -0.3 is 14.7 Å². The smallest absolute Gasteiger partial charge is 0.341 e. The van der Waals surface area contributed by atoms with Crippen molar-refractivity contribution in [1.29, 1.82) is 0 Å². The summed E-state index contributed by atoms with van der Waals surface area (Å²) >= 11 is 0. The number of rotatable bonds is 6. The number of aromatic carboxylic acids is 1. The quantitative estimate of drug-likeness (QED) is 0.830. The fourth-order valence-corrected chi connectivity index (χ4v) is 1.79. The van der Waals surface area contributed by atoms with Crippen molar-refractivity contribution in [2.45, 2.75) is 25.8 Å². The lowest BCUT2D eigenvalue weighted by Crippen LogP contribution is -2.26. The Balaban J connectivity index is 1.94. The first-order chi connectivity index (χ1) is 8.58. The molecule has 1 aromatic rings. The Hall–Kier alpha value is -1.62. The summed E-state index contributed by atoms with van der Waals surface area (Å²) in [4.78, 5) is 17.4. The second-order valence-corrected chi connectivity index (χ2v) is 4.67. The molecule has 0 radical (unpaired) electrons. The van der Waals surface area contributed by atoms with Crippen LogP contribution in [0.5, 0.6) is 5.88 Å². The second-order valence-electron chi connectivity index (χ2n) is 4.67. The van der Waals surface area contributed by atoms with Crippen molar-refractivity contribution in [3.63, 3.8) is 0 Å². The van der Waals surface area contributed by atoms with E-state index in [0.717, 1.165) is 12.2 Å². The van der Waals surface area contributed by atoms with Crippen LogP contribution >= 0.6 is 0 Å². The minimum absolute atomic E-state index is 0.120. The van der Waals surface area contributed by atoms with Crippen LogP contribution in [0.25, 0.3) is 0 Å². The van der Waals surface area contributed by atoms with Crippen LogP contribution in [0, 0.1) is 6.92 Å². The summed E-state index contributed by atoms with van der Waals surface area (Å²) < 4.78 is 5.49. The number of ether oxygens (including phenoxy) is 1. The molecule has 5 nitrogen and oxygen atoms in total. The molecular weight excluding hydrogens is 232 g/mol. The Morgan fingerprint density at radius 1 is 1.56 bits per heavy atom. The average Bonchev–Trinajstić information content (AvgIpc) is 3.12. The molecule has 0 atom stereocenters.